The number of benzene rings is 2. The van der Waals surface area contributed by atoms with Gasteiger partial charge in [-0.2, -0.15) is 0 Å². The van der Waals surface area contributed by atoms with Crippen LogP contribution in [0.5, 0.6) is 11.5 Å². The number of nitrogens with zero attached hydrogens (tertiary/aromatic N) is 1. The van der Waals surface area contributed by atoms with Gasteiger partial charge in [0.1, 0.15) is 5.76 Å². The Morgan fingerprint density at radius 1 is 1.04 bits per heavy atom. The van der Waals surface area contributed by atoms with E-state index in [2.05, 4.69) is 6.92 Å². The van der Waals surface area contributed by atoms with Gasteiger partial charge in [0.05, 0.1) is 18.8 Å². The van der Waals surface area contributed by atoms with Crippen molar-refractivity contribution < 1.29 is 18.7 Å². The van der Waals surface area contributed by atoms with Gasteiger partial charge >= 0.3 is 0 Å². The van der Waals surface area contributed by atoms with Gasteiger partial charge in [-0.1, -0.05) is 36.4 Å². The number of aryl methyl sites for hydroxylation is 1. The zero-order chi connectivity index (χ0) is 19.3. The molecule has 0 aliphatic carbocycles. The number of rotatable bonds is 7. The van der Waals surface area contributed by atoms with Crippen LogP contribution in [0, 0.1) is 0 Å². The first kappa shape index (κ1) is 18.2. The molecular formula is C23H23NO4. The minimum absolute atomic E-state index is 0.0458. The maximum Gasteiger partial charge on any atom is 0.231 e. The molecule has 0 spiro atoms. The fourth-order valence-electron chi connectivity index (χ4n) is 3.41. The fourth-order valence-corrected chi connectivity index (χ4v) is 3.41. The molecule has 28 heavy (non-hydrogen) atoms. The maximum absolute atomic E-state index is 13.1. The van der Waals surface area contributed by atoms with Gasteiger partial charge in [-0.3, -0.25) is 4.79 Å². The second-order valence-electron chi connectivity index (χ2n) is 6.88. The molecule has 0 bridgehead atoms. The van der Waals surface area contributed by atoms with Crippen LogP contribution in [0.2, 0.25) is 0 Å². The monoisotopic (exact) mass is 377 g/mol. The highest BCUT2D eigenvalue weighted by atomic mass is 16.7. The van der Waals surface area contributed by atoms with Crippen LogP contribution in [-0.4, -0.2) is 17.6 Å². The van der Waals surface area contributed by atoms with Gasteiger partial charge in [0.15, 0.2) is 11.5 Å². The van der Waals surface area contributed by atoms with Crippen molar-refractivity contribution in [3.8, 4) is 11.5 Å². The normalized spacial score (nSPS) is 13.3. The molecule has 1 aliphatic heterocycles. The van der Waals surface area contributed by atoms with Crippen LogP contribution in [0.15, 0.2) is 71.3 Å². The van der Waals surface area contributed by atoms with E-state index in [1.165, 1.54) is 0 Å². The van der Waals surface area contributed by atoms with E-state index in [1.54, 1.807) is 6.26 Å². The molecule has 1 amide bonds. The Morgan fingerprint density at radius 3 is 2.64 bits per heavy atom. The number of carbonyl (C=O) groups excluding carboxylic acids is 1. The SMILES string of the molecule is C[C@@H](c1ccccc1)N(Cc1ccco1)C(=O)CCc1ccc2c(c1)OCO2. The second kappa shape index (κ2) is 8.21. The van der Waals surface area contributed by atoms with Crippen molar-refractivity contribution in [3.05, 3.63) is 83.8 Å². The van der Waals surface area contributed by atoms with Crippen molar-refractivity contribution in [3.63, 3.8) is 0 Å². The number of hydrogen-bond acceptors (Lipinski definition) is 4. The number of carbonyl (C=O) groups is 1. The molecule has 0 saturated carbocycles. The third-order valence-corrected chi connectivity index (χ3v) is 5.04. The summed E-state index contributed by atoms with van der Waals surface area (Å²) in [5, 5.41) is 0. The van der Waals surface area contributed by atoms with Crippen LogP contribution in [0.25, 0.3) is 0 Å². The maximum atomic E-state index is 13.1. The number of amides is 1. The molecule has 2 aromatic carbocycles. The molecule has 1 atom stereocenters. The van der Waals surface area contributed by atoms with Crippen LogP contribution in [0.1, 0.15) is 36.3 Å². The predicted octanol–water partition coefficient (Wildman–Crippen LogP) is 4.73. The lowest BCUT2D eigenvalue weighted by atomic mass is 10.0. The number of hydrogen-bond donors (Lipinski definition) is 0. The van der Waals surface area contributed by atoms with Crippen molar-refractivity contribution in [1.82, 2.24) is 4.90 Å². The molecule has 4 rings (SSSR count). The second-order valence-corrected chi connectivity index (χ2v) is 6.88. The molecule has 0 radical (unpaired) electrons. The highest BCUT2D eigenvalue weighted by molar-refractivity contribution is 5.77. The lowest BCUT2D eigenvalue weighted by Crippen LogP contribution is -2.33. The first-order valence-corrected chi connectivity index (χ1v) is 9.46. The Bertz CT molecular complexity index is 921. The average Bonchev–Trinajstić information content (AvgIpc) is 3.41. The van der Waals surface area contributed by atoms with Crippen molar-refractivity contribution in [2.75, 3.05) is 6.79 Å². The van der Waals surface area contributed by atoms with Gasteiger partial charge in [0.2, 0.25) is 12.7 Å². The van der Waals surface area contributed by atoms with Crippen LogP contribution in [0.4, 0.5) is 0 Å². The number of ether oxygens (including phenoxy) is 2. The summed E-state index contributed by atoms with van der Waals surface area (Å²) in [5.41, 5.74) is 2.16. The van der Waals surface area contributed by atoms with Crippen LogP contribution < -0.4 is 9.47 Å². The van der Waals surface area contributed by atoms with E-state index in [4.69, 9.17) is 13.9 Å². The predicted molar refractivity (Wildman–Crippen MR) is 105 cm³/mol. The molecule has 0 N–H and O–H groups in total. The van der Waals surface area contributed by atoms with E-state index in [1.807, 2.05) is 65.6 Å². The third-order valence-electron chi connectivity index (χ3n) is 5.04. The van der Waals surface area contributed by atoms with Gasteiger partial charge in [-0.05, 0) is 48.7 Å². The number of furan rings is 1. The van der Waals surface area contributed by atoms with Crippen LogP contribution in [0.3, 0.4) is 0 Å². The van der Waals surface area contributed by atoms with E-state index in [9.17, 15) is 4.79 Å². The lowest BCUT2D eigenvalue weighted by molar-refractivity contribution is -0.134. The molecule has 0 fully saturated rings. The summed E-state index contributed by atoms with van der Waals surface area (Å²) in [6.45, 7) is 2.75. The quantitative estimate of drug-likeness (QED) is 0.597. The Balaban J connectivity index is 1.48. The minimum Gasteiger partial charge on any atom is -0.467 e. The number of fused-ring (bicyclic) bond motifs is 1. The van der Waals surface area contributed by atoms with Gasteiger partial charge in [0, 0.05) is 6.42 Å². The summed E-state index contributed by atoms with van der Waals surface area (Å²) in [5.74, 6) is 2.37. The zero-order valence-corrected chi connectivity index (χ0v) is 15.8. The molecule has 1 aliphatic rings. The zero-order valence-electron chi connectivity index (χ0n) is 15.8. The highest BCUT2D eigenvalue weighted by Gasteiger charge is 2.23. The standard InChI is InChI=1S/C23H23NO4/c1-17(19-6-3-2-4-7-19)24(15-20-8-5-13-26-20)23(25)12-10-18-9-11-21-22(14-18)28-16-27-21/h2-9,11,13-14,17H,10,12,15-16H2,1H3/t17-/m0/s1. The molecule has 3 aromatic rings. The van der Waals surface area contributed by atoms with Gasteiger partial charge in [-0.15, -0.1) is 0 Å². The third kappa shape index (κ3) is 4.03. The lowest BCUT2D eigenvalue weighted by Gasteiger charge is -2.29. The summed E-state index contributed by atoms with van der Waals surface area (Å²) in [7, 11) is 0. The first-order valence-electron chi connectivity index (χ1n) is 9.46. The Kier molecular flexibility index (Phi) is 5.33. The molecular weight excluding hydrogens is 354 g/mol. The van der Waals surface area contributed by atoms with E-state index in [0.29, 0.717) is 19.4 Å². The summed E-state index contributed by atoms with van der Waals surface area (Å²) in [6.07, 6.45) is 2.70. The van der Waals surface area contributed by atoms with Crippen molar-refractivity contribution in [2.45, 2.75) is 32.4 Å². The van der Waals surface area contributed by atoms with Crippen molar-refractivity contribution in [1.29, 1.82) is 0 Å². The summed E-state index contributed by atoms with van der Waals surface area (Å²) in [4.78, 5) is 15.0. The van der Waals surface area contributed by atoms with E-state index in [-0.39, 0.29) is 18.7 Å². The molecule has 5 heteroatoms. The molecule has 2 heterocycles. The molecule has 5 nitrogen and oxygen atoms in total. The van der Waals surface area contributed by atoms with Gasteiger partial charge < -0.3 is 18.8 Å². The fraction of sp³-hybridized carbons (Fsp3) is 0.261. The smallest absolute Gasteiger partial charge is 0.231 e. The van der Waals surface area contributed by atoms with E-state index < -0.39 is 0 Å². The Hall–Kier alpha value is -3.21. The molecule has 1 aromatic heterocycles. The highest BCUT2D eigenvalue weighted by Crippen LogP contribution is 2.33. The topological polar surface area (TPSA) is 51.9 Å². The van der Waals surface area contributed by atoms with Crippen molar-refractivity contribution in [2.24, 2.45) is 0 Å². The summed E-state index contributed by atoms with van der Waals surface area (Å²) < 4.78 is 16.3. The summed E-state index contributed by atoms with van der Waals surface area (Å²) in [6, 6.07) is 19.6. The largest absolute Gasteiger partial charge is 0.467 e. The molecule has 0 saturated heterocycles. The average molecular weight is 377 g/mol. The Morgan fingerprint density at radius 2 is 1.86 bits per heavy atom. The molecule has 0 unspecified atom stereocenters. The van der Waals surface area contributed by atoms with E-state index >= 15 is 0 Å². The van der Waals surface area contributed by atoms with Crippen molar-refractivity contribution >= 4 is 5.91 Å². The summed E-state index contributed by atoms with van der Waals surface area (Å²) >= 11 is 0. The molecule has 144 valence electrons. The van der Waals surface area contributed by atoms with Crippen LogP contribution in [-0.2, 0) is 17.8 Å². The van der Waals surface area contributed by atoms with Gasteiger partial charge in [0.25, 0.3) is 0 Å². The van der Waals surface area contributed by atoms with Gasteiger partial charge in [-0.25, -0.2) is 0 Å². The first-order chi connectivity index (χ1) is 13.7. The van der Waals surface area contributed by atoms with Crippen LogP contribution >= 0.6 is 0 Å². The van der Waals surface area contributed by atoms with E-state index in [0.717, 1.165) is 28.4 Å². The minimum atomic E-state index is -0.0458. The Labute approximate surface area is 164 Å².